The summed E-state index contributed by atoms with van der Waals surface area (Å²) in [5.74, 6) is 1.58. The maximum atomic E-state index is 12.2. The highest BCUT2D eigenvalue weighted by Gasteiger charge is 2.18. The van der Waals surface area contributed by atoms with Gasteiger partial charge in [0.05, 0.1) is 22.3 Å². The molecule has 5 aromatic heterocycles. The number of nitrogens with one attached hydrogen (secondary N) is 11. The van der Waals surface area contributed by atoms with Crippen LogP contribution in [0.2, 0.25) is 0 Å². The number of hydrogen-bond donors (Lipinski definition) is 21. The number of hydrogen-bond acceptors (Lipinski definition) is 33. The first kappa shape index (κ1) is 110. The summed E-state index contributed by atoms with van der Waals surface area (Å²) >= 11 is 0. The number of rotatable bonds is 42. The number of benzene rings is 5. The molecule has 41 heteroatoms. The zero-order valence-corrected chi connectivity index (χ0v) is 79.7. The van der Waals surface area contributed by atoms with Crippen LogP contribution in [-0.4, -0.2) is 155 Å². The van der Waals surface area contributed by atoms with Gasteiger partial charge >= 0.3 is 0 Å². The Balaban J connectivity index is 0.000000263. The summed E-state index contributed by atoms with van der Waals surface area (Å²) in [5.41, 5.74) is 62.5. The Kier molecular flexibility index (Phi) is 43.8. The van der Waals surface area contributed by atoms with E-state index in [-0.39, 0.29) is 121 Å². The van der Waals surface area contributed by atoms with E-state index in [1.165, 1.54) is 58.4 Å². The second kappa shape index (κ2) is 54.8. The van der Waals surface area contributed by atoms with Crippen LogP contribution < -0.4 is 116 Å². The number of aromatic amines is 5. The van der Waals surface area contributed by atoms with Gasteiger partial charge in [0, 0.05) is 147 Å². The summed E-state index contributed by atoms with van der Waals surface area (Å²) in [6.45, 7) is 18.1. The summed E-state index contributed by atoms with van der Waals surface area (Å²) in [7, 11) is 0.592. The molecule has 10 rings (SSSR count). The molecule has 5 aromatic carbocycles. The number of likely N-dealkylation sites (N-methyl/N-ethyl adjacent to an activating group) is 1. The zero-order valence-electron chi connectivity index (χ0n) is 78.8. The molecule has 1 atom stereocenters. The molecule has 0 radical (unpaired) electrons. The van der Waals surface area contributed by atoms with Gasteiger partial charge in [0.25, 0.3) is 27.8 Å². The van der Waals surface area contributed by atoms with Crippen LogP contribution in [0, 0.1) is 6.92 Å². The minimum atomic E-state index is -3.22. The number of anilines is 15. The highest BCUT2D eigenvalue weighted by molar-refractivity contribution is 7.60. The molecule has 0 aliphatic heterocycles. The molecule has 1 amide bonds. The van der Waals surface area contributed by atoms with Crippen LogP contribution in [0.5, 0.6) is 0 Å². The van der Waals surface area contributed by atoms with Gasteiger partial charge in [0.2, 0.25) is 43.0 Å². The van der Waals surface area contributed by atoms with E-state index < -0.39 is 7.37 Å². The number of H-pyrrole nitrogens is 5. The summed E-state index contributed by atoms with van der Waals surface area (Å²) in [6.07, 6.45) is 21.0. The Bertz CT molecular complexity index is 6440. The van der Waals surface area contributed by atoms with Gasteiger partial charge in [-0.05, 0) is 225 Å². The third kappa shape index (κ3) is 37.8. The largest absolute Gasteiger partial charge is 0.385 e. The molecule has 10 aromatic rings. The SMILES string of the molecule is CC(=O)/C=C/c1ccc(NCCCc2c(N)nc(N)[nH]c2=O)cc1C(C)=O.CCC(=O)/C=C/c1ccc(NCCCc2c(C)nc(N)[nH]c2=O)cc1.CCC(=O)c1cc(NCCCc2c(N)nc(N)[nH]c2=O)ccc1/C=C/C(C)=O.CCNC(=O)/C=C/c1ccc(NCCCc2c(N)nc(N)[nH]c2=O)cc1C(C)=O.CN(C)c1cc(NCCCc2c(N)nc(N)[nH]c2=O)ccc1/C=C/P(C)(=O)O. The Morgan fingerprint density at radius 2 is 0.723 bits per heavy atom. The molecule has 0 bridgehead atoms. The van der Waals surface area contributed by atoms with Crippen molar-refractivity contribution >= 4 is 165 Å². The Morgan fingerprint density at radius 1 is 0.401 bits per heavy atom. The molecule has 728 valence electrons. The van der Waals surface area contributed by atoms with Crippen molar-refractivity contribution in [3.63, 3.8) is 0 Å². The molecule has 0 spiro atoms. The first-order valence-corrected chi connectivity index (χ1v) is 46.2. The molecule has 30 N–H and O–H groups in total. The number of carbonyl (C=O) groups is 7. The lowest BCUT2D eigenvalue weighted by Crippen LogP contribution is -2.20. The normalized spacial score (nSPS) is 11.4. The summed E-state index contributed by atoms with van der Waals surface area (Å²) in [4.78, 5) is 184. The molecule has 0 aliphatic rings. The van der Waals surface area contributed by atoms with Gasteiger partial charge in [-0.1, -0.05) is 68.5 Å². The predicted molar refractivity (Wildman–Crippen MR) is 550 cm³/mol. The number of nitrogen functional groups attached to an aromatic ring is 9. The number of aryl methyl sites for hydroxylation is 1. The van der Waals surface area contributed by atoms with Crippen molar-refractivity contribution in [2.45, 2.75) is 132 Å². The Hall–Kier alpha value is -16.1. The molecule has 1 unspecified atom stereocenters. The number of amides is 1. The van der Waals surface area contributed by atoms with E-state index in [0.29, 0.717) is 170 Å². The van der Waals surface area contributed by atoms with Gasteiger partial charge in [0.15, 0.2) is 34.7 Å². The van der Waals surface area contributed by atoms with Crippen molar-refractivity contribution in [2.24, 2.45) is 0 Å². The fourth-order valence-corrected chi connectivity index (χ4v) is 13.7. The van der Waals surface area contributed by atoms with Crippen molar-refractivity contribution in [1.29, 1.82) is 0 Å². The lowest BCUT2D eigenvalue weighted by atomic mass is 10.0. The number of nitrogens with two attached hydrogens (primary N) is 9. The smallest absolute Gasteiger partial charge is 0.257 e. The standard InChI is InChI=1S/C20H26N6O3.C20H25N5O3.C19H23N5O3.C19H24N4O2.C18H27N6O3P/c1-3-23-17(28)9-7-13-6-8-14(11-16(13)12(2)27)24-10-4-5-15-18(21)25-20(22)26-19(15)29;1-3-17(27)16-11-14(9-8-13(16)7-6-12(2)26)23-10-4-5-15-18(21)24-20(22)25-19(15)28;1-11(25)5-6-13-7-8-14(10-16(13)12(2)26)22-9-3-4-15-17(20)23-19(21)24-18(15)27;1-3-16(24)11-8-14-6-9-15(10-7-14)21-12-4-5-17-13(2)22-19(20)23-18(17)25;1-24(2)15-11-13(7-6-12(15)8-10-28(3,26)27)21-9-4-5-14-16(19)22-18(20)23-17(14)25/h6-9,11,24H,3-5,10H2,1-2H3,(H,23,28)(H5,21,22,25,26,29);6-9,11,23H,3-5,10H2,1-2H3,(H5,21,22,24,25,28);5-8,10,22H,3-4,9H2,1-2H3,(H5,20,21,23,24,27);6-11,21H,3-5,12H2,1-2H3,(H3,20,22,23,25);6-8,10-11,21H,4-5,9H2,1-3H3,(H,26,27)(H5,19,20,22,23,25)/b9-7+;7-6+;6-5+;11-8+;10-8+. The van der Waals surface area contributed by atoms with Crippen molar-refractivity contribution in [3.8, 4) is 0 Å². The van der Waals surface area contributed by atoms with Gasteiger partial charge in [-0.3, -0.25) is 87.0 Å². The highest BCUT2D eigenvalue weighted by Crippen LogP contribution is 2.39. The fraction of sp³-hybridized carbons (Fsp3) is 0.302. The second-order valence-electron chi connectivity index (χ2n) is 31.5. The van der Waals surface area contributed by atoms with Crippen LogP contribution in [0.1, 0.15) is 186 Å². The number of nitrogens with zero attached hydrogens (tertiary/aromatic N) is 6. The Morgan fingerprint density at radius 3 is 1.05 bits per heavy atom. The molecule has 0 fully saturated rings. The van der Waals surface area contributed by atoms with Crippen LogP contribution in [0.3, 0.4) is 0 Å². The lowest BCUT2D eigenvalue weighted by Gasteiger charge is -2.18. The van der Waals surface area contributed by atoms with Crippen LogP contribution in [0.15, 0.2) is 151 Å². The van der Waals surface area contributed by atoms with Gasteiger partial charge in [-0.2, -0.15) is 19.9 Å². The fourth-order valence-electron chi connectivity index (χ4n) is 13.2. The highest BCUT2D eigenvalue weighted by atomic mass is 31.2. The first-order chi connectivity index (χ1) is 65.0. The number of carbonyl (C=O) groups excluding carboxylic acids is 7. The van der Waals surface area contributed by atoms with Crippen LogP contribution in [-0.2, 0) is 55.8 Å². The number of allylic oxidation sites excluding steroid dienone is 3. The molecule has 5 heterocycles. The average molecular weight is 1900 g/mol. The van der Waals surface area contributed by atoms with Gasteiger partial charge in [-0.25, -0.2) is 4.98 Å². The number of ketones is 6. The zero-order chi connectivity index (χ0) is 101. The summed E-state index contributed by atoms with van der Waals surface area (Å²) in [5, 5.41) is 19.0. The molecule has 40 nitrogen and oxygen atoms in total. The van der Waals surface area contributed by atoms with E-state index in [4.69, 9.17) is 51.6 Å². The van der Waals surface area contributed by atoms with Gasteiger partial charge in [0.1, 0.15) is 23.3 Å². The van der Waals surface area contributed by atoms with E-state index in [1.807, 2.05) is 99.6 Å². The molecular weight excluding hydrogens is 1770 g/mol. The van der Waals surface area contributed by atoms with Gasteiger partial charge < -0.3 is 93.3 Å². The van der Waals surface area contributed by atoms with Crippen molar-refractivity contribution < 1.29 is 43.0 Å². The minimum absolute atomic E-state index is 0.000826. The molecule has 0 aliphatic carbocycles. The van der Waals surface area contributed by atoms with E-state index in [2.05, 4.69) is 81.7 Å². The summed E-state index contributed by atoms with van der Waals surface area (Å²) in [6, 6.07) is 29.7. The molecular formula is C96H125N26O14P. The Labute approximate surface area is 792 Å². The first-order valence-electron chi connectivity index (χ1n) is 44.0. The lowest BCUT2D eigenvalue weighted by molar-refractivity contribution is -0.116. The quantitative estimate of drug-likeness (QED) is 0.00732. The third-order valence-corrected chi connectivity index (χ3v) is 20.9. The summed E-state index contributed by atoms with van der Waals surface area (Å²) < 4.78 is 11.5. The van der Waals surface area contributed by atoms with Crippen LogP contribution in [0.25, 0.3) is 30.4 Å². The number of aromatic nitrogens is 10. The topological polar surface area (TPSA) is 695 Å². The van der Waals surface area contributed by atoms with E-state index in [0.717, 1.165) is 58.2 Å². The maximum Gasteiger partial charge on any atom is 0.257 e. The average Bonchev–Trinajstić information content (AvgIpc) is 0.843. The molecule has 137 heavy (non-hydrogen) atoms. The van der Waals surface area contributed by atoms with Crippen molar-refractivity contribution in [1.82, 2.24) is 55.2 Å². The van der Waals surface area contributed by atoms with Crippen molar-refractivity contribution in [3.05, 3.63) is 257 Å². The van der Waals surface area contributed by atoms with Gasteiger partial charge in [-0.15, -0.1) is 0 Å². The molecule has 0 saturated heterocycles. The monoisotopic (exact) mass is 1900 g/mol. The molecule has 0 saturated carbocycles. The van der Waals surface area contributed by atoms with E-state index >= 15 is 0 Å². The minimum Gasteiger partial charge on any atom is -0.385 e. The van der Waals surface area contributed by atoms with Crippen LogP contribution in [0.4, 0.5) is 87.1 Å². The predicted octanol–water partition coefficient (Wildman–Crippen LogP) is 9.90. The van der Waals surface area contributed by atoms with E-state index in [1.54, 1.807) is 80.6 Å². The number of Topliss-reactive ketones (excluding diaryl/α,β-unsaturated/α-hetero) is 3. The maximum absolute atomic E-state index is 12.2. The van der Waals surface area contributed by atoms with E-state index in [9.17, 15) is 67.0 Å². The second-order valence-corrected chi connectivity index (χ2v) is 33.7. The van der Waals surface area contributed by atoms with Crippen LogP contribution >= 0.6 is 7.37 Å². The third-order valence-electron chi connectivity index (χ3n) is 20.2. The van der Waals surface area contributed by atoms with Crippen molar-refractivity contribution in [2.75, 3.05) is 143 Å².